The summed E-state index contributed by atoms with van der Waals surface area (Å²) in [6, 6.07) is 5.22. The summed E-state index contributed by atoms with van der Waals surface area (Å²) in [4.78, 5) is 12.7. The lowest BCUT2D eigenvalue weighted by Crippen LogP contribution is -2.63. The Balaban J connectivity index is 1.52. The highest BCUT2D eigenvalue weighted by Crippen LogP contribution is 2.51. The third kappa shape index (κ3) is 2.53. The summed E-state index contributed by atoms with van der Waals surface area (Å²) >= 11 is 0. The van der Waals surface area contributed by atoms with Gasteiger partial charge in [0.25, 0.3) is 5.91 Å². The maximum Gasteiger partial charge on any atom is 0.251 e. The normalized spacial score (nSPS) is 33.3. The second-order valence-electron chi connectivity index (χ2n) is 7.41. The second kappa shape index (κ2) is 5.82. The number of phenols is 1. The summed E-state index contributed by atoms with van der Waals surface area (Å²) in [5.41, 5.74) is 1.48. The average Bonchev–Trinajstić information content (AvgIpc) is 3.18. The standard InChI is InChI=1S/C19H25NO3/c1-11-6-7-13(21)10-15(11)19(22)20-17-14-8-9-23-18(14)16(17)12-4-2-3-5-12/h6-7,10,12,14,16-18,21H,2-5,8-9H2,1H3,(H,20,22)/t14-,16+,17+,18-/m0/s1. The van der Waals surface area contributed by atoms with Gasteiger partial charge in [0, 0.05) is 30.0 Å². The van der Waals surface area contributed by atoms with Crippen molar-refractivity contribution in [3.05, 3.63) is 29.3 Å². The van der Waals surface area contributed by atoms with Crippen molar-refractivity contribution in [3.8, 4) is 5.75 Å². The first-order chi connectivity index (χ1) is 11.1. The number of nitrogens with one attached hydrogen (secondary N) is 1. The maximum absolute atomic E-state index is 12.7. The Morgan fingerprint density at radius 3 is 2.83 bits per heavy atom. The molecule has 0 aromatic heterocycles. The van der Waals surface area contributed by atoms with E-state index in [2.05, 4.69) is 5.32 Å². The number of phenolic OH excluding ortho intramolecular Hbond substituents is 1. The molecule has 4 nitrogen and oxygen atoms in total. The van der Waals surface area contributed by atoms with Crippen LogP contribution in [0.3, 0.4) is 0 Å². The number of hydrogen-bond acceptors (Lipinski definition) is 3. The number of aromatic hydroxyl groups is 1. The minimum Gasteiger partial charge on any atom is -0.508 e. The fraction of sp³-hybridized carbons (Fsp3) is 0.632. The number of benzene rings is 1. The lowest BCUT2D eigenvalue weighted by molar-refractivity contribution is -0.0784. The third-order valence-corrected chi connectivity index (χ3v) is 6.15. The molecule has 2 saturated carbocycles. The van der Waals surface area contributed by atoms with Gasteiger partial charge in [-0.3, -0.25) is 4.79 Å². The van der Waals surface area contributed by atoms with Crippen molar-refractivity contribution in [2.75, 3.05) is 6.61 Å². The predicted octanol–water partition coefficient (Wildman–Crippen LogP) is 3.02. The predicted molar refractivity (Wildman–Crippen MR) is 87.4 cm³/mol. The van der Waals surface area contributed by atoms with Crippen molar-refractivity contribution < 1.29 is 14.6 Å². The molecule has 4 rings (SSSR count). The minimum absolute atomic E-state index is 0.0586. The highest BCUT2D eigenvalue weighted by Gasteiger charge is 2.57. The zero-order valence-electron chi connectivity index (χ0n) is 13.6. The number of ether oxygens (including phenoxy) is 1. The molecule has 0 spiro atoms. The van der Waals surface area contributed by atoms with Crippen molar-refractivity contribution >= 4 is 5.91 Å². The molecule has 1 aromatic carbocycles. The molecule has 3 fully saturated rings. The van der Waals surface area contributed by atoms with E-state index in [4.69, 9.17) is 4.74 Å². The summed E-state index contributed by atoms with van der Waals surface area (Å²) in [7, 11) is 0. The van der Waals surface area contributed by atoms with Crippen LogP contribution in [0.5, 0.6) is 5.75 Å². The number of fused-ring (bicyclic) bond motifs is 1. The van der Waals surface area contributed by atoms with E-state index in [9.17, 15) is 9.90 Å². The zero-order chi connectivity index (χ0) is 16.0. The Morgan fingerprint density at radius 2 is 2.04 bits per heavy atom. The van der Waals surface area contributed by atoms with Gasteiger partial charge < -0.3 is 15.2 Å². The van der Waals surface area contributed by atoms with Crippen LogP contribution in [0.1, 0.15) is 48.0 Å². The number of rotatable bonds is 3. The molecule has 23 heavy (non-hydrogen) atoms. The summed E-state index contributed by atoms with van der Waals surface area (Å²) in [5, 5.41) is 12.9. The minimum atomic E-state index is -0.0586. The van der Waals surface area contributed by atoms with Crippen LogP contribution in [0.25, 0.3) is 0 Å². The van der Waals surface area contributed by atoms with E-state index >= 15 is 0 Å². The topological polar surface area (TPSA) is 58.6 Å². The fourth-order valence-corrected chi connectivity index (χ4v) is 4.94. The lowest BCUT2D eigenvalue weighted by atomic mass is 9.61. The van der Waals surface area contributed by atoms with Crippen molar-refractivity contribution in [2.45, 2.75) is 51.2 Å². The van der Waals surface area contributed by atoms with Crippen LogP contribution in [0.15, 0.2) is 18.2 Å². The van der Waals surface area contributed by atoms with Crippen molar-refractivity contribution in [1.82, 2.24) is 5.32 Å². The van der Waals surface area contributed by atoms with Gasteiger partial charge in [0.15, 0.2) is 0 Å². The van der Waals surface area contributed by atoms with Gasteiger partial charge >= 0.3 is 0 Å². The smallest absolute Gasteiger partial charge is 0.251 e. The Kier molecular flexibility index (Phi) is 3.80. The molecule has 2 N–H and O–H groups in total. The molecule has 3 aliphatic rings. The zero-order valence-corrected chi connectivity index (χ0v) is 13.6. The first-order valence-corrected chi connectivity index (χ1v) is 8.87. The SMILES string of the molecule is Cc1ccc(O)cc1C(=O)N[C@@H]1[C@@H]2CCO[C@@H]2[C@@H]1C1CCCC1. The molecule has 4 atom stereocenters. The van der Waals surface area contributed by atoms with Crippen LogP contribution in [-0.4, -0.2) is 29.8 Å². The van der Waals surface area contributed by atoms with Gasteiger partial charge in [-0.2, -0.15) is 0 Å². The van der Waals surface area contributed by atoms with Gasteiger partial charge in [-0.25, -0.2) is 0 Å². The summed E-state index contributed by atoms with van der Waals surface area (Å²) < 4.78 is 5.95. The molecule has 1 aromatic rings. The molecule has 0 bridgehead atoms. The molecule has 2 aliphatic carbocycles. The van der Waals surface area contributed by atoms with E-state index in [1.807, 2.05) is 6.92 Å². The van der Waals surface area contributed by atoms with Crippen LogP contribution in [-0.2, 0) is 4.74 Å². The largest absolute Gasteiger partial charge is 0.508 e. The van der Waals surface area contributed by atoms with Crippen LogP contribution < -0.4 is 5.32 Å². The molecular formula is C19H25NO3. The van der Waals surface area contributed by atoms with Gasteiger partial charge in [-0.1, -0.05) is 31.7 Å². The van der Waals surface area contributed by atoms with Crippen LogP contribution >= 0.6 is 0 Å². The Labute approximate surface area is 137 Å². The van der Waals surface area contributed by atoms with Gasteiger partial charge in [-0.05, 0) is 37.0 Å². The van der Waals surface area contributed by atoms with Crippen molar-refractivity contribution in [3.63, 3.8) is 0 Å². The van der Waals surface area contributed by atoms with Gasteiger partial charge in [0.2, 0.25) is 0 Å². The van der Waals surface area contributed by atoms with Gasteiger partial charge in [0.1, 0.15) is 5.75 Å². The Bertz CT molecular complexity index is 604. The van der Waals surface area contributed by atoms with Crippen LogP contribution in [0.4, 0.5) is 0 Å². The summed E-state index contributed by atoms with van der Waals surface area (Å²) in [6.07, 6.45) is 6.57. The third-order valence-electron chi connectivity index (χ3n) is 6.15. The molecule has 1 heterocycles. The molecule has 1 aliphatic heterocycles. The molecule has 0 radical (unpaired) electrons. The first-order valence-electron chi connectivity index (χ1n) is 8.87. The summed E-state index contributed by atoms with van der Waals surface area (Å²) in [6.45, 7) is 2.74. The second-order valence-corrected chi connectivity index (χ2v) is 7.41. The number of carbonyl (C=O) groups is 1. The lowest BCUT2D eigenvalue weighted by Gasteiger charge is -2.50. The number of hydrogen-bond donors (Lipinski definition) is 2. The number of carbonyl (C=O) groups excluding carboxylic acids is 1. The van der Waals surface area contributed by atoms with Crippen LogP contribution in [0.2, 0.25) is 0 Å². The Morgan fingerprint density at radius 1 is 1.26 bits per heavy atom. The van der Waals surface area contributed by atoms with Crippen molar-refractivity contribution in [2.24, 2.45) is 17.8 Å². The molecule has 124 valence electrons. The van der Waals surface area contributed by atoms with Crippen molar-refractivity contribution in [1.29, 1.82) is 0 Å². The van der Waals surface area contributed by atoms with E-state index in [0.29, 0.717) is 29.4 Å². The van der Waals surface area contributed by atoms with Gasteiger partial charge in [-0.15, -0.1) is 0 Å². The van der Waals surface area contributed by atoms with E-state index in [1.165, 1.54) is 25.7 Å². The molecule has 0 unspecified atom stereocenters. The van der Waals surface area contributed by atoms with Crippen LogP contribution in [0, 0.1) is 24.7 Å². The average molecular weight is 315 g/mol. The van der Waals surface area contributed by atoms with Gasteiger partial charge in [0.05, 0.1) is 6.10 Å². The molecular weight excluding hydrogens is 290 g/mol. The number of aryl methyl sites for hydroxylation is 1. The Hall–Kier alpha value is -1.55. The highest BCUT2D eigenvalue weighted by atomic mass is 16.5. The van der Waals surface area contributed by atoms with E-state index in [-0.39, 0.29) is 17.7 Å². The highest BCUT2D eigenvalue weighted by molar-refractivity contribution is 5.96. The van der Waals surface area contributed by atoms with E-state index in [0.717, 1.165) is 18.6 Å². The quantitative estimate of drug-likeness (QED) is 0.901. The molecule has 4 heteroatoms. The monoisotopic (exact) mass is 315 g/mol. The maximum atomic E-state index is 12.7. The van der Waals surface area contributed by atoms with E-state index < -0.39 is 0 Å². The first kappa shape index (κ1) is 15.0. The van der Waals surface area contributed by atoms with E-state index in [1.54, 1.807) is 18.2 Å². The summed E-state index contributed by atoms with van der Waals surface area (Å²) in [5.74, 6) is 1.74. The number of amides is 1. The molecule has 1 saturated heterocycles. The fourth-order valence-electron chi connectivity index (χ4n) is 4.94. The molecule has 1 amide bonds.